The summed E-state index contributed by atoms with van der Waals surface area (Å²) in [6.07, 6.45) is -0.278. The van der Waals surface area contributed by atoms with Gasteiger partial charge >= 0.3 is 11.9 Å². The Kier molecular flexibility index (Phi) is 10.3. The molecular weight excluding hydrogens is 566 g/mol. The van der Waals surface area contributed by atoms with Crippen molar-refractivity contribution in [3.63, 3.8) is 0 Å². The number of rotatable bonds is 12. The molecule has 11 heteroatoms. The number of likely N-dealkylation sites (N-methyl/N-ethyl adjacent to an activating group) is 1. The summed E-state index contributed by atoms with van der Waals surface area (Å²) in [5, 5.41) is 5.08. The quantitative estimate of drug-likeness (QED) is 0.239. The zero-order chi connectivity index (χ0) is 31.7. The molecule has 3 aromatic carbocycles. The first-order chi connectivity index (χ1) is 21.1. The van der Waals surface area contributed by atoms with Gasteiger partial charge in [0, 0.05) is 13.5 Å². The fourth-order valence-electron chi connectivity index (χ4n) is 4.50. The maximum atomic E-state index is 13.3. The smallest absolute Gasteiger partial charge is 0.328 e. The molecule has 4 rings (SSSR count). The number of nitrogens with one attached hydrogen (secondary N) is 2. The highest BCUT2D eigenvalue weighted by Crippen LogP contribution is 2.36. The van der Waals surface area contributed by atoms with E-state index in [0.717, 1.165) is 11.1 Å². The summed E-state index contributed by atoms with van der Waals surface area (Å²) >= 11 is 0. The van der Waals surface area contributed by atoms with Crippen LogP contribution in [0.1, 0.15) is 37.8 Å². The Morgan fingerprint density at radius 3 is 2.05 bits per heavy atom. The van der Waals surface area contributed by atoms with E-state index >= 15 is 0 Å². The first kappa shape index (κ1) is 31.7. The molecule has 0 saturated carbocycles. The Morgan fingerprint density at radius 2 is 1.41 bits per heavy atom. The number of esters is 2. The fourth-order valence-corrected chi connectivity index (χ4v) is 4.50. The van der Waals surface area contributed by atoms with E-state index < -0.39 is 47.3 Å². The molecule has 0 aromatic heterocycles. The minimum absolute atomic E-state index is 0.0381. The van der Waals surface area contributed by atoms with Crippen molar-refractivity contribution in [2.45, 2.75) is 57.6 Å². The topological polar surface area (TPSA) is 140 Å². The summed E-state index contributed by atoms with van der Waals surface area (Å²) in [7, 11) is 1.53. The number of hydrogen-bond donors (Lipinski definition) is 2. The summed E-state index contributed by atoms with van der Waals surface area (Å²) < 4.78 is 16.5. The van der Waals surface area contributed by atoms with Crippen molar-refractivity contribution >= 4 is 35.3 Å². The van der Waals surface area contributed by atoms with Gasteiger partial charge < -0.3 is 29.7 Å². The van der Waals surface area contributed by atoms with Crippen molar-refractivity contribution < 1.29 is 38.2 Å². The molecule has 0 radical (unpaired) electrons. The van der Waals surface area contributed by atoms with Crippen LogP contribution in [0, 0.1) is 0 Å². The van der Waals surface area contributed by atoms with Gasteiger partial charge in [0.15, 0.2) is 0 Å². The molecule has 0 saturated heterocycles. The van der Waals surface area contributed by atoms with Crippen molar-refractivity contribution in [1.29, 1.82) is 0 Å². The molecule has 44 heavy (non-hydrogen) atoms. The molecule has 2 N–H and O–H groups in total. The van der Waals surface area contributed by atoms with Crippen LogP contribution in [0.25, 0.3) is 0 Å². The average Bonchev–Trinajstić information content (AvgIpc) is 3.04. The predicted octanol–water partition coefficient (Wildman–Crippen LogP) is 3.06. The molecule has 0 aliphatic carbocycles. The van der Waals surface area contributed by atoms with Gasteiger partial charge in [-0.1, -0.05) is 72.8 Å². The largest absolute Gasteiger partial charge is 0.466 e. The summed E-state index contributed by atoms with van der Waals surface area (Å²) in [4.78, 5) is 66.3. The van der Waals surface area contributed by atoms with Gasteiger partial charge in [0.25, 0.3) is 17.4 Å². The minimum Gasteiger partial charge on any atom is -0.466 e. The van der Waals surface area contributed by atoms with E-state index in [1.54, 1.807) is 48.5 Å². The van der Waals surface area contributed by atoms with E-state index in [9.17, 15) is 24.0 Å². The van der Waals surface area contributed by atoms with Crippen LogP contribution in [0.5, 0.6) is 5.75 Å². The highest BCUT2D eigenvalue weighted by molar-refractivity contribution is 6.16. The van der Waals surface area contributed by atoms with Gasteiger partial charge in [0.1, 0.15) is 31.0 Å². The second kappa shape index (κ2) is 14.3. The molecular formula is C33H35N3O8. The van der Waals surface area contributed by atoms with Crippen LogP contribution in [0.3, 0.4) is 0 Å². The molecule has 1 aliphatic rings. The van der Waals surface area contributed by atoms with Gasteiger partial charge in [0.2, 0.25) is 5.91 Å². The van der Waals surface area contributed by atoms with Crippen LogP contribution >= 0.6 is 0 Å². The van der Waals surface area contributed by atoms with Gasteiger partial charge in [-0.2, -0.15) is 0 Å². The molecule has 3 atom stereocenters. The van der Waals surface area contributed by atoms with Crippen molar-refractivity contribution in [2.75, 3.05) is 11.9 Å². The van der Waals surface area contributed by atoms with E-state index in [1.165, 1.54) is 25.8 Å². The van der Waals surface area contributed by atoms with Crippen molar-refractivity contribution in [2.24, 2.45) is 0 Å². The zero-order valence-electron chi connectivity index (χ0n) is 24.8. The standard InChI is InChI=1S/C33H35N3O8/c1-22(34-31(40)33(2)32(41)36(3)26-16-10-11-17-27(26)44-33)29(38)35-25(30(39)43-21-24-14-8-5-9-15-24)18-19-28(37)42-20-23-12-6-4-7-13-23/h4-17,22,25H,18-21H2,1-3H3,(H,34,40)(H,35,38)/t22-,25+,33?/m0/s1. The number of carbonyl (C=O) groups is 5. The second-order valence-electron chi connectivity index (χ2n) is 10.5. The third-order valence-electron chi connectivity index (χ3n) is 7.13. The zero-order valence-corrected chi connectivity index (χ0v) is 24.8. The van der Waals surface area contributed by atoms with Gasteiger partial charge in [-0.05, 0) is 43.5 Å². The number of anilines is 1. The van der Waals surface area contributed by atoms with E-state index in [1.807, 2.05) is 36.4 Å². The van der Waals surface area contributed by atoms with Gasteiger partial charge in [0.05, 0.1) is 5.69 Å². The van der Waals surface area contributed by atoms with Crippen molar-refractivity contribution in [3.05, 3.63) is 96.1 Å². The summed E-state index contributed by atoms with van der Waals surface area (Å²) in [5.74, 6) is -3.15. The van der Waals surface area contributed by atoms with Crippen LogP contribution in [-0.4, -0.2) is 54.4 Å². The first-order valence-electron chi connectivity index (χ1n) is 14.2. The third-order valence-corrected chi connectivity index (χ3v) is 7.13. The number of hydrogen-bond acceptors (Lipinski definition) is 8. The van der Waals surface area contributed by atoms with Crippen LogP contribution in [-0.2, 0) is 46.7 Å². The van der Waals surface area contributed by atoms with Gasteiger partial charge in [-0.15, -0.1) is 0 Å². The van der Waals surface area contributed by atoms with E-state index in [-0.39, 0.29) is 26.1 Å². The number of ether oxygens (including phenoxy) is 3. The van der Waals surface area contributed by atoms with Gasteiger partial charge in [-0.3, -0.25) is 19.2 Å². The van der Waals surface area contributed by atoms with E-state index in [2.05, 4.69) is 10.6 Å². The highest BCUT2D eigenvalue weighted by Gasteiger charge is 2.50. The van der Waals surface area contributed by atoms with E-state index in [4.69, 9.17) is 14.2 Å². The summed E-state index contributed by atoms with van der Waals surface area (Å²) in [5.41, 5.74) is 0.119. The lowest BCUT2D eigenvalue weighted by atomic mass is 10.00. The number of fused-ring (bicyclic) bond motifs is 1. The molecule has 11 nitrogen and oxygen atoms in total. The lowest BCUT2D eigenvalue weighted by Gasteiger charge is -2.38. The van der Waals surface area contributed by atoms with Gasteiger partial charge in [-0.25, -0.2) is 4.79 Å². The molecule has 0 fully saturated rings. The van der Waals surface area contributed by atoms with Crippen LogP contribution < -0.4 is 20.3 Å². The summed E-state index contributed by atoms with van der Waals surface area (Å²) in [6.45, 7) is 2.76. The monoisotopic (exact) mass is 601 g/mol. The number of carbonyl (C=O) groups excluding carboxylic acids is 5. The molecule has 0 spiro atoms. The maximum Gasteiger partial charge on any atom is 0.328 e. The van der Waals surface area contributed by atoms with Crippen molar-refractivity contribution in [1.82, 2.24) is 10.6 Å². The van der Waals surface area contributed by atoms with E-state index in [0.29, 0.717) is 11.4 Å². The molecule has 3 amide bonds. The molecule has 1 aliphatic heterocycles. The molecule has 3 aromatic rings. The normalized spacial score (nSPS) is 16.9. The number of para-hydroxylation sites is 2. The lowest BCUT2D eigenvalue weighted by molar-refractivity contribution is -0.151. The lowest BCUT2D eigenvalue weighted by Crippen LogP contribution is -2.63. The highest BCUT2D eigenvalue weighted by atomic mass is 16.5. The fraction of sp³-hybridized carbons (Fsp3) is 0.303. The number of benzene rings is 3. The third kappa shape index (κ3) is 7.80. The number of amides is 3. The predicted molar refractivity (Wildman–Crippen MR) is 160 cm³/mol. The first-order valence-corrected chi connectivity index (χ1v) is 14.2. The van der Waals surface area contributed by atoms with Crippen LogP contribution in [0.4, 0.5) is 5.69 Å². The summed E-state index contributed by atoms with van der Waals surface area (Å²) in [6, 6.07) is 22.5. The van der Waals surface area contributed by atoms with Crippen molar-refractivity contribution in [3.8, 4) is 5.75 Å². The Bertz CT molecular complexity index is 1500. The SMILES string of the molecule is C[C@H](NC(=O)C1(C)Oc2ccccc2N(C)C1=O)C(=O)N[C@H](CCC(=O)OCc1ccccc1)C(=O)OCc1ccccc1. The molecule has 1 unspecified atom stereocenters. The minimum atomic E-state index is -1.94. The number of nitrogens with zero attached hydrogens (tertiary/aromatic N) is 1. The Labute approximate surface area is 255 Å². The Morgan fingerprint density at radius 1 is 0.841 bits per heavy atom. The van der Waals surface area contributed by atoms with Crippen LogP contribution in [0.2, 0.25) is 0 Å². The Hall–Kier alpha value is -5.19. The maximum absolute atomic E-state index is 13.3. The molecule has 1 heterocycles. The molecule has 0 bridgehead atoms. The average molecular weight is 602 g/mol. The molecule has 230 valence electrons. The van der Waals surface area contributed by atoms with Crippen LogP contribution in [0.15, 0.2) is 84.9 Å². The second-order valence-corrected chi connectivity index (χ2v) is 10.5. The Balaban J connectivity index is 1.39.